The molecular weight excluding hydrogens is 482 g/mol. The Labute approximate surface area is 212 Å². The number of aryl methyl sites for hydroxylation is 1. The van der Waals surface area contributed by atoms with Gasteiger partial charge in [-0.15, -0.1) is 15.3 Å². The Morgan fingerprint density at radius 2 is 1.86 bits per heavy atom. The fraction of sp³-hybridized carbons (Fsp3) is 0.360. The first-order valence-corrected chi connectivity index (χ1v) is 11.9. The maximum atomic E-state index is 12.5. The lowest BCUT2D eigenvalue weighted by Gasteiger charge is -2.31. The highest BCUT2D eigenvalue weighted by Crippen LogP contribution is 2.23. The topological polar surface area (TPSA) is 106 Å². The maximum Gasteiger partial charge on any atom is 0.314 e. The van der Waals surface area contributed by atoms with E-state index in [1.54, 1.807) is 16.8 Å². The van der Waals surface area contributed by atoms with Gasteiger partial charge in [-0.1, -0.05) is 35.9 Å². The number of piperazine rings is 1. The first-order valence-electron chi connectivity index (χ1n) is 11.9. The quantitative estimate of drug-likeness (QED) is 0.348. The molecule has 5 rings (SSSR count). The standard InChI is InChI=1S/C18H14F2N6O.C7H14N2O/c1-11-3-2-4-12(7-11)15-10-26(25-22-15)9-14-6-5-13(8-21-14)17-23-24-18(27-17)16(19)20;1-2-8-3-5-9(7-10)6-4-8/h2-8,10,16H,9H2,1H3;7H,2-6H2,1H3. The number of rotatable bonds is 7. The monoisotopic (exact) mass is 510 g/mol. The van der Waals surface area contributed by atoms with Crippen molar-refractivity contribution in [3.05, 3.63) is 65.9 Å². The highest BCUT2D eigenvalue weighted by atomic mass is 19.3. The van der Waals surface area contributed by atoms with Gasteiger partial charge in [0.1, 0.15) is 5.69 Å². The smallest absolute Gasteiger partial charge is 0.314 e. The van der Waals surface area contributed by atoms with Crippen LogP contribution in [0.1, 0.15) is 30.5 Å². The molecule has 0 N–H and O–H groups in total. The van der Waals surface area contributed by atoms with E-state index in [1.807, 2.05) is 42.3 Å². The van der Waals surface area contributed by atoms with Crippen LogP contribution >= 0.6 is 0 Å². The zero-order chi connectivity index (χ0) is 26.2. The Kier molecular flexibility index (Phi) is 8.62. The largest absolute Gasteiger partial charge is 0.415 e. The van der Waals surface area contributed by atoms with E-state index in [-0.39, 0.29) is 5.89 Å². The molecule has 0 saturated carbocycles. The molecule has 1 aliphatic heterocycles. The van der Waals surface area contributed by atoms with Crippen molar-refractivity contribution >= 4 is 6.41 Å². The van der Waals surface area contributed by atoms with Gasteiger partial charge in [0.2, 0.25) is 12.3 Å². The van der Waals surface area contributed by atoms with E-state index in [1.165, 1.54) is 6.20 Å². The van der Waals surface area contributed by atoms with E-state index < -0.39 is 12.3 Å². The zero-order valence-electron chi connectivity index (χ0n) is 20.7. The number of amides is 1. The average molecular weight is 511 g/mol. The molecular formula is C25H28F2N8O2. The summed E-state index contributed by atoms with van der Waals surface area (Å²) in [6, 6.07) is 11.4. The number of nitrogens with zero attached hydrogens (tertiary/aromatic N) is 8. The van der Waals surface area contributed by atoms with Gasteiger partial charge in [-0.3, -0.25) is 9.78 Å². The van der Waals surface area contributed by atoms with Gasteiger partial charge in [-0.05, 0) is 31.7 Å². The van der Waals surface area contributed by atoms with E-state index in [2.05, 4.69) is 37.3 Å². The molecule has 0 radical (unpaired) electrons. The van der Waals surface area contributed by atoms with Crippen molar-refractivity contribution in [2.24, 2.45) is 0 Å². The Bertz CT molecular complexity index is 1280. The van der Waals surface area contributed by atoms with Crippen LogP contribution < -0.4 is 0 Å². The second-order valence-electron chi connectivity index (χ2n) is 8.53. The molecule has 1 aliphatic rings. The number of hydrogen-bond acceptors (Lipinski definition) is 8. The van der Waals surface area contributed by atoms with Crippen molar-refractivity contribution in [1.82, 2.24) is 40.0 Å². The molecule has 37 heavy (non-hydrogen) atoms. The molecule has 1 aromatic carbocycles. The Balaban J connectivity index is 0.000000270. The maximum absolute atomic E-state index is 12.5. The van der Waals surface area contributed by atoms with Crippen LogP contribution in [0.15, 0.2) is 53.2 Å². The highest BCUT2D eigenvalue weighted by Gasteiger charge is 2.17. The lowest BCUT2D eigenvalue weighted by Crippen LogP contribution is -2.45. The van der Waals surface area contributed by atoms with Crippen molar-refractivity contribution in [2.75, 3.05) is 32.7 Å². The van der Waals surface area contributed by atoms with Crippen molar-refractivity contribution in [1.29, 1.82) is 0 Å². The van der Waals surface area contributed by atoms with Crippen molar-refractivity contribution in [2.45, 2.75) is 26.8 Å². The van der Waals surface area contributed by atoms with Crippen molar-refractivity contribution < 1.29 is 18.0 Å². The van der Waals surface area contributed by atoms with Crippen LogP contribution in [0.5, 0.6) is 0 Å². The van der Waals surface area contributed by atoms with Crippen LogP contribution in [0.3, 0.4) is 0 Å². The number of aromatic nitrogens is 6. The van der Waals surface area contributed by atoms with Crippen LogP contribution in [0, 0.1) is 6.92 Å². The molecule has 4 aromatic rings. The third-order valence-electron chi connectivity index (χ3n) is 5.88. The SMILES string of the molecule is CCN1CCN(C=O)CC1.Cc1cccc(-c2cn(Cc3ccc(-c4nnc(C(F)F)o4)cn3)nn2)c1. The summed E-state index contributed by atoms with van der Waals surface area (Å²) in [7, 11) is 0. The van der Waals surface area contributed by atoms with Crippen LogP contribution in [0.25, 0.3) is 22.7 Å². The van der Waals surface area contributed by atoms with Gasteiger partial charge in [0.15, 0.2) is 0 Å². The molecule has 1 saturated heterocycles. The third kappa shape index (κ3) is 7.00. The summed E-state index contributed by atoms with van der Waals surface area (Å²) in [6.07, 6.45) is 1.48. The normalized spacial score (nSPS) is 13.9. The zero-order valence-corrected chi connectivity index (χ0v) is 20.7. The lowest BCUT2D eigenvalue weighted by molar-refractivity contribution is -0.119. The molecule has 3 aromatic heterocycles. The fourth-order valence-corrected chi connectivity index (χ4v) is 3.75. The van der Waals surface area contributed by atoms with Crippen LogP contribution in [0.2, 0.25) is 0 Å². The molecule has 0 aliphatic carbocycles. The number of hydrogen-bond donors (Lipinski definition) is 0. The minimum Gasteiger partial charge on any atom is -0.415 e. The van der Waals surface area contributed by atoms with E-state index in [0.717, 1.165) is 61.6 Å². The van der Waals surface area contributed by atoms with E-state index in [0.29, 0.717) is 12.1 Å². The van der Waals surface area contributed by atoms with E-state index in [9.17, 15) is 13.6 Å². The first-order chi connectivity index (χ1) is 17.9. The average Bonchev–Trinajstić information content (AvgIpc) is 3.60. The molecule has 4 heterocycles. The number of likely N-dealkylation sites (N-methyl/N-ethyl adjacent to an activating group) is 1. The van der Waals surface area contributed by atoms with Gasteiger partial charge < -0.3 is 14.2 Å². The minimum atomic E-state index is -2.80. The number of pyridine rings is 1. The van der Waals surface area contributed by atoms with Gasteiger partial charge in [0.25, 0.3) is 5.89 Å². The summed E-state index contributed by atoms with van der Waals surface area (Å²) >= 11 is 0. The second kappa shape index (κ2) is 12.3. The molecule has 1 amide bonds. The molecule has 194 valence electrons. The predicted molar refractivity (Wildman–Crippen MR) is 132 cm³/mol. The molecule has 0 atom stereocenters. The van der Waals surface area contributed by atoms with Gasteiger partial charge in [0, 0.05) is 37.9 Å². The fourth-order valence-electron chi connectivity index (χ4n) is 3.75. The summed E-state index contributed by atoms with van der Waals surface area (Å²) in [5.41, 5.74) is 4.12. The minimum absolute atomic E-state index is 0.00633. The Morgan fingerprint density at radius 1 is 1.05 bits per heavy atom. The number of halogens is 2. The van der Waals surface area contributed by atoms with E-state index >= 15 is 0 Å². The number of alkyl halides is 2. The molecule has 1 fully saturated rings. The van der Waals surface area contributed by atoms with Crippen LogP contribution in [-0.4, -0.2) is 79.1 Å². The Hall–Kier alpha value is -4.06. The summed E-state index contributed by atoms with van der Waals surface area (Å²) in [6.45, 7) is 9.57. The van der Waals surface area contributed by atoms with Crippen LogP contribution in [-0.2, 0) is 11.3 Å². The Morgan fingerprint density at radius 3 is 2.49 bits per heavy atom. The van der Waals surface area contributed by atoms with Crippen molar-refractivity contribution in [3.63, 3.8) is 0 Å². The number of carbonyl (C=O) groups is 1. The number of carbonyl (C=O) groups excluding carboxylic acids is 1. The van der Waals surface area contributed by atoms with Gasteiger partial charge in [-0.25, -0.2) is 4.68 Å². The molecule has 10 nitrogen and oxygen atoms in total. The molecule has 0 unspecified atom stereocenters. The highest BCUT2D eigenvalue weighted by molar-refractivity contribution is 5.58. The van der Waals surface area contributed by atoms with Crippen LogP contribution in [0.4, 0.5) is 8.78 Å². The number of benzene rings is 1. The van der Waals surface area contributed by atoms with Crippen molar-refractivity contribution in [3.8, 4) is 22.7 Å². The molecule has 0 spiro atoms. The molecule has 12 heteroatoms. The second-order valence-corrected chi connectivity index (χ2v) is 8.53. The lowest BCUT2D eigenvalue weighted by atomic mass is 10.1. The van der Waals surface area contributed by atoms with Gasteiger partial charge in [0.05, 0.1) is 24.0 Å². The summed E-state index contributed by atoms with van der Waals surface area (Å²) in [4.78, 5) is 18.7. The summed E-state index contributed by atoms with van der Waals surface area (Å²) in [5.74, 6) is -0.702. The van der Waals surface area contributed by atoms with E-state index in [4.69, 9.17) is 4.42 Å². The summed E-state index contributed by atoms with van der Waals surface area (Å²) < 4.78 is 31.6. The molecule has 0 bridgehead atoms. The third-order valence-corrected chi connectivity index (χ3v) is 5.88. The summed E-state index contributed by atoms with van der Waals surface area (Å²) in [5, 5.41) is 15.2. The van der Waals surface area contributed by atoms with Gasteiger partial charge >= 0.3 is 6.43 Å². The predicted octanol–water partition coefficient (Wildman–Crippen LogP) is 3.46. The van der Waals surface area contributed by atoms with Gasteiger partial charge in [-0.2, -0.15) is 8.78 Å². The first kappa shape index (κ1) is 26.0.